The van der Waals surface area contributed by atoms with E-state index in [2.05, 4.69) is 59.2 Å². The zero-order valence-electron chi connectivity index (χ0n) is 9.03. The number of nitrogens with one attached hydrogen (secondary N) is 2. The highest BCUT2D eigenvalue weighted by molar-refractivity contribution is 14.1. The van der Waals surface area contributed by atoms with E-state index in [-0.39, 0.29) is 0 Å². The zero-order valence-corrected chi connectivity index (χ0v) is 12.0. The van der Waals surface area contributed by atoms with Crippen LogP contribution < -0.4 is 5.43 Å². The van der Waals surface area contributed by atoms with Crippen LogP contribution >= 0.6 is 34.4 Å². The normalized spacial score (nSPS) is 20.5. The Morgan fingerprint density at radius 1 is 1.44 bits per heavy atom. The van der Waals surface area contributed by atoms with Crippen molar-refractivity contribution in [2.24, 2.45) is 0 Å². The first-order valence-electron chi connectivity index (χ1n) is 5.22. The number of hydrazine groups is 1. The molecule has 1 heterocycles. The Kier molecular flexibility index (Phi) is 4.10. The van der Waals surface area contributed by atoms with Crippen molar-refractivity contribution in [2.75, 3.05) is 0 Å². The van der Waals surface area contributed by atoms with Crippen LogP contribution in [-0.4, -0.2) is 15.6 Å². The molecule has 1 aliphatic rings. The van der Waals surface area contributed by atoms with Crippen molar-refractivity contribution in [1.82, 2.24) is 10.4 Å². The molecule has 2 N–H and O–H groups in total. The molecule has 0 spiro atoms. The van der Waals surface area contributed by atoms with Gasteiger partial charge in [0.2, 0.25) is 0 Å². The first-order valence-corrected chi connectivity index (χ1v) is 7.18. The molecule has 1 saturated heterocycles. The van der Waals surface area contributed by atoms with E-state index in [9.17, 15) is 0 Å². The van der Waals surface area contributed by atoms with Crippen LogP contribution in [0.1, 0.15) is 18.9 Å². The fourth-order valence-corrected chi connectivity index (χ4v) is 2.74. The highest BCUT2D eigenvalue weighted by Crippen LogP contribution is 2.23. The Morgan fingerprint density at radius 2 is 2.12 bits per heavy atom. The fourth-order valence-electron chi connectivity index (χ4n) is 1.52. The summed E-state index contributed by atoms with van der Waals surface area (Å²) < 4.78 is 1.24. The largest absolute Gasteiger partial charge is 0.282 e. The summed E-state index contributed by atoms with van der Waals surface area (Å²) in [7, 11) is 0. The summed E-state index contributed by atoms with van der Waals surface area (Å²) in [6.45, 7) is 2.89. The molecular weight excluding hydrogens is 333 g/mol. The summed E-state index contributed by atoms with van der Waals surface area (Å²) in [6.07, 6.45) is 1.04. The molecule has 16 heavy (non-hydrogen) atoms. The molecule has 1 atom stereocenters. The van der Waals surface area contributed by atoms with Gasteiger partial charge in [0.15, 0.2) is 5.17 Å². The molecule has 86 valence electrons. The number of rotatable bonds is 3. The van der Waals surface area contributed by atoms with Crippen LogP contribution in [-0.2, 0) is 6.54 Å². The number of halogens is 1. The van der Waals surface area contributed by atoms with E-state index in [0.717, 1.165) is 13.0 Å². The van der Waals surface area contributed by atoms with E-state index < -0.39 is 0 Å². The zero-order chi connectivity index (χ0) is 11.5. The van der Waals surface area contributed by atoms with Gasteiger partial charge in [-0.3, -0.25) is 10.4 Å². The van der Waals surface area contributed by atoms with Crippen molar-refractivity contribution in [1.29, 1.82) is 5.41 Å². The van der Waals surface area contributed by atoms with Gasteiger partial charge in [0.1, 0.15) is 0 Å². The monoisotopic (exact) mass is 347 g/mol. The Morgan fingerprint density at radius 3 is 2.69 bits per heavy atom. The topological polar surface area (TPSA) is 39.1 Å². The minimum Gasteiger partial charge on any atom is -0.282 e. The molecule has 1 aromatic carbocycles. The minimum absolute atomic E-state index is 0.358. The van der Waals surface area contributed by atoms with Gasteiger partial charge in [-0.25, -0.2) is 5.43 Å². The smallest absolute Gasteiger partial charge is 0.172 e. The van der Waals surface area contributed by atoms with Crippen LogP contribution in [0.4, 0.5) is 0 Å². The number of benzene rings is 1. The number of nitrogens with zero attached hydrogens (tertiary/aromatic N) is 1. The van der Waals surface area contributed by atoms with Crippen LogP contribution in [0.2, 0.25) is 0 Å². The number of hydrogen-bond donors (Lipinski definition) is 2. The standard InChI is InChI=1S/C11H14IN3S/c1-2-10-14-15(11(13)16-10)7-8-3-5-9(12)6-4-8/h3-6,10,13-14H,2,7H2,1H3. The average molecular weight is 347 g/mol. The van der Waals surface area contributed by atoms with Crippen molar-refractivity contribution in [3.8, 4) is 0 Å². The second-order valence-electron chi connectivity index (χ2n) is 3.66. The van der Waals surface area contributed by atoms with Crippen LogP contribution in [0.15, 0.2) is 24.3 Å². The number of thioether (sulfide) groups is 1. The predicted molar refractivity (Wildman–Crippen MR) is 77.2 cm³/mol. The molecule has 2 rings (SSSR count). The third-order valence-corrected chi connectivity index (χ3v) is 4.31. The van der Waals surface area contributed by atoms with Gasteiger partial charge in [-0.1, -0.05) is 30.8 Å². The van der Waals surface area contributed by atoms with Gasteiger partial charge in [-0.2, -0.15) is 0 Å². The molecule has 0 aromatic heterocycles. The summed E-state index contributed by atoms with van der Waals surface area (Å²) in [5.74, 6) is 0. The van der Waals surface area contributed by atoms with E-state index >= 15 is 0 Å². The molecule has 0 radical (unpaired) electrons. The quantitative estimate of drug-likeness (QED) is 0.826. The molecule has 0 bridgehead atoms. The number of hydrogen-bond acceptors (Lipinski definition) is 3. The van der Waals surface area contributed by atoms with Gasteiger partial charge in [0.05, 0.1) is 11.9 Å². The van der Waals surface area contributed by atoms with Gasteiger partial charge < -0.3 is 0 Å². The highest BCUT2D eigenvalue weighted by Gasteiger charge is 2.25. The van der Waals surface area contributed by atoms with Crippen LogP contribution in [0.3, 0.4) is 0 Å². The van der Waals surface area contributed by atoms with Crippen molar-refractivity contribution in [3.05, 3.63) is 33.4 Å². The first kappa shape index (κ1) is 12.2. The Balaban J connectivity index is 2.00. The summed E-state index contributed by atoms with van der Waals surface area (Å²) >= 11 is 3.89. The van der Waals surface area contributed by atoms with E-state index in [1.165, 1.54) is 9.13 Å². The van der Waals surface area contributed by atoms with Crippen molar-refractivity contribution < 1.29 is 0 Å². The Bertz CT molecular complexity index is 379. The number of amidine groups is 1. The molecule has 0 aliphatic carbocycles. The lowest BCUT2D eigenvalue weighted by Crippen LogP contribution is -2.36. The van der Waals surface area contributed by atoms with Gasteiger partial charge in [-0.15, -0.1) is 0 Å². The predicted octanol–water partition coefficient (Wildman–Crippen LogP) is 3.02. The highest BCUT2D eigenvalue weighted by atomic mass is 127. The van der Waals surface area contributed by atoms with E-state index in [1.807, 2.05) is 5.01 Å². The van der Waals surface area contributed by atoms with Crippen molar-refractivity contribution in [3.63, 3.8) is 0 Å². The third kappa shape index (κ3) is 2.89. The van der Waals surface area contributed by atoms with Crippen molar-refractivity contribution in [2.45, 2.75) is 25.3 Å². The maximum atomic E-state index is 7.86. The minimum atomic E-state index is 0.358. The maximum Gasteiger partial charge on any atom is 0.172 e. The lowest BCUT2D eigenvalue weighted by Gasteiger charge is -2.17. The molecule has 5 heteroatoms. The molecular formula is C11H14IN3S. The third-order valence-electron chi connectivity index (χ3n) is 2.42. The summed E-state index contributed by atoms with van der Waals surface area (Å²) in [4.78, 5) is 0. The van der Waals surface area contributed by atoms with Crippen LogP contribution in [0.25, 0.3) is 0 Å². The van der Waals surface area contributed by atoms with Gasteiger partial charge in [0.25, 0.3) is 0 Å². The van der Waals surface area contributed by atoms with Gasteiger partial charge in [0, 0.05) is 3.57 Å². The van der Waals surface area contributed by atoms with Crippen LogP contribution in [0.5, 0.6) is 0 Å². The fraction of sp³-hybridized carbons (Fsp3) is 0.364. The molecule has 1 aliphatic heterocycles. The molecule has 1 unspecified atom stereocenters. The lowest BCUT2D eigenvalue weighted by atomic mass is 10.2. The second-order valence-corrected chi connectivity index (χ2v) is 6.10. The maximum absolute atomic E-state index is 7.86. The second kappa shape index (κ2) is 5.37. The lowest BCUT2D eigenvalue weighted by molar-refractivity contribution is 0.304. The Labute approximate surface area is 114 Å². The Hall–Kier alpha value is -0.270. The molecule has 1 aromatic rings. The van der Waals surface area contributed by atoms with E-state index in [1.54, 1.807) is 11.8 Å². The summed E-state index contributed by atoms with van der Waals surface area (Å²) in [6, 6.07) is 8.42. The molecule has 1 fully saturated rings. The molecule has 0 saturated carbocycles. The van der Waals surface area contributed by atoms with Gasteiger partial charge in [-0.05, 0) is 46.7 Å². The summed E-state index contributed by atoms with van der Waals surface area (Å²) in [5, 5.41) is 10.7. The van der Waals surface area contributed by atoms with E-state index in [4.69, 9.17) is 5.41 Å². The molecule has 0 amide bonds. The van der Waals surface area contributed by atoms with Gasteiger partial charge >= 0.3 is 0 Å². The average Bonchev–Trinajstić information content (AvgIpc) is 2.63. The SMILES string of the molecule is CCC1NN(Cc2ccc(I)cc2)C(=N)S1. The summed E-state index contributed by atoms with van der Waals surface area (Å²) in [5.41, 5.74) is 4.55. The first-order chi connectivity index (χ1) is 7.69. The molecule has 3 nitrogen and oxygen atoms in total. The van der Waals surface area contributed by atoms with Crippen LogP contribution in [0, 0.1) is 8.98 Å². The van der Waals surface area contributed by atoms with Crippen molar-refractivity contribution >= 4 is 39.5 Å². The van der Waals surface area contributed by atoms with E-state index in [0.29, 0.717) is 10.5 Å².